The minimum Gasteiger partial charge on any atom is -0.299 e. The van der Waals surface area contributed by atoms with Gasteiger partial charge < -0.3 is 0 Å². The normalized spacial score (nSPS) is 19.5. The highest BCUT2D eigenvalue weighted by Crippen LogP contribution is 2.46. The quantitative estimate of drug-likeness (QED) is 0.568. The third kappa shape index (κ3) is 3.52. The zero-order valence-electron chi connectivity index (χ0n) is 17.6. The van der Waals surface area contributed by atoms with Crippen LogP contribution in [0.15, 0.2) is 65.2 Å². The van der Waals surface area contributed by atoms with E-state index in [4.69, 9.17) is 0 Å². The van der Waals surface area contributed by atoms with Crippen molar-refractivity contribution in [2.75, 3.05) is 0 Å². The zero-order valence-corrected chi connectivity index (χ0v) is 17.6. The molecule has 2 heteroatoms. The topological polar surface area (TPSA) is 29.4 Å². The maximum Gasteiger partial charge on any atom is 0.141 e. The number of aryl methyl sites for hydroxylation is 2. The Hall–Kier alpha value is -2.74. The van der Waals surface area contributed by atoms with Gasteiger partial charge >= 0.3 is 0 Å². The van der Waals surface area contributed by atoms with Crippen LogP contribution in [0.5, 0.6) is 0 Å². The minimum atomic E-state index is -0.481. The summed E-state index contributed by atoms with van der Waals surface area (Å²) in [4.78, 5) is 17.5. The van der Waals surface area contributed by atoms with Gasteiger partial charge in [-0.3, -0.25) is 9.79 Å². The summed E-state index contributed by atoms with van der Waals surface area (Å²) in [5.41, 5.74) is 8.47. The van der Waals surface area contributed by atoms with E-state index in [0.717, 1.165) is 34.4 Å². The van der Waals surface area contributed by atoms with Crippen molar-refractivity contribution < 1.29 is 4.79 Å². The van der Waals surface area contributed by atoms with Crippen LogP contribution in [0.25, 0.3) is 5.70 Å². The molecule has 0 spiro atoms. The zero-order chi connectivity index (χ0) is 20.5. The lowest BCUT2D eigenvalue weighted by Gasteiger charge is -2.30. The summed E-state index contributed by atoms with van der Waals surface area (Å²) in [6.07, 6.45) is 3.37. The van der Waals surface area contributed by atoms with Gasteiger partial charge in [-0.25, -0.2) is 0 Å². The molecule has 1 aliphatic carbocycles. The number of hydrogen-bond acceptors (Lipinski definition) is 2. The number of nitrogens with zero attached hydrogens (tertiary/aromatic N) is 1. The third-order valence-electron chi connectivity index (χ3n) is 6.23. The summed E-state index contributed by atoms with van der Waals surface area (Å²) in [6, 6.07) is 14.4. The van der Waals surface area contributed by atoms with Gasteiger partial charge in [-0.05, 0) is 75.3 Å². The van der Waals surface area contributed by atoms with Crippen LogP contribution in [-0.2, 0) is 10.2 Å². The highest BCUT2D eigenvalue weighted by Gasteiger charge is 2.43. The second-order valence-corrected chi connectivity index (χ2v) is 8.06. The lowest BCUT2D eigenvalue weighted by Crippen LogP contribution is -2.33. The van der Waals surface area contributed by atoms with Crippen LogP contribution < -0.4 is 0 Å². The Bertz CT molecular complexity index is 1010. The van der Waals surface area contributed by atoms with Gasteiger partial charge in [-0.1, -0.05) is 54.6 Å². The molecule has 0 fully saturated rings. The second-order valence-electron chi connectivity index (χ2n) is 8.06. The monoisotopic (exact) mass is 371 g/mol. The van der Waals surface area contributed by atoms with Crippen LogP contribution in [0.3, 0.4) is 0 Å². The number of benzene rings is 2. The number of carbonyl (C=O) groups is 1. The molecule has 0 saturated carbocycles. The molecule has 0 saturated heterocycles. The van der Waals surface area contributed by atoms with Crippen molar-refractivity contribution in [1.82, 2.24) is 0 Å². The van der Waals surface area contributed by atoms with Crippen LogP contribution in [0.2, 0.25) is 0 Å². The van der Waals surface area contributed by atoms with Crippen LogP contribution in [0.4, 0.5) is 0 Å². The standard InChI is InChI=1S/C26H29NO/c1-17-11-9-13-25(20(17)4)26(22(6)28)14-19(3)23(15-26)16-27-21(5)24-12-8-7-10-18(24)2/h7-13,16H,5,14-15H2,1-4,6H3/t26-/m0/s1. The van der Waals surface area contributed by atoms with Crippen LogP contribution in [-0.4, -0.2) is 12.0 Å². The highest BCUT2D eigenvalue weighted by atomic mass is 16.1. The molecule has 3 rings (SSSR count). The van der Waals surface area contributed by atoms with Gasteiger partial charge in [0.05, 0.1) is 11.1 Å². The molecule has 28 heavy (non-hydrogen) atoms. The molecule has 2 aromatic rings. The molecule has 0 radical (unpaired) electrons. The predicted molar refractivity (Wildman–Crippen MR) is 119 cm³/mol. The highest BCUT2D eigenvalue weighted by molar-refractivity contribution is 5.95. The molecule has 2 aromatic carbocycles. The summed E-state index contributed by atoms with van der Waals surface area (Å²) in [7, 11) is 0. The predicted octanol–water partition coefficient (Wildman–Crippen LogP) is 6.29. The molecule has 144 valence electrons. The van der Waals surface area contributed by atoms with Crippen molar-refractivity contribution >= 4 is 17.7 Å². The minimum absolute atomic E-state index is 0.224. The van der Waals surface area contributed by atoms with E-state index in [1.165, 1.54) is 16.7 Å². The molecule has 1 aliphatic rings. The van der Waals surface area contributed by atoms with Crippen LogP contribution in [0, 0.1) is 20.8 Å². The fourth-order valence-corrected chi connectivity index (χ4v) is 4.28. The number of rotatable bonds is 5. The van der Waals surface area contributed by atoms with Gasteiger partial charge in [-0.2, -0.15) is 0 Å². The van der Waals surface area contributed by atoms with Crippen molar-refractivity contribution in [3.05, 3.63) is 88.0 Å². The first-order valence-corrected chi connectivity index (χ1v) is 9.81. The largest absolute Gasteiger partial charge is 0.299 e. The van der Waals surface area contributed by atoms with E-state index in [-0.39, 0.29) is 5.78 Å². The van der Waals surface area contributed by atoms with Crippen molar-refractivity contribution in [2.45, 2.75) is 52.9 Å². The summed E-state index contributed by atoms with van der Waals surface area (Å²) < 4.78 is 0. The van der Waals surface area contributed by atoms with E-state index >= 15 is 0 Å². The molecule has 0 aliphatic heterocycles. The number of hydrogen-bond donors (Lipinski definition) is 0. The summed E-state index contributed by atoms with van der Waals surface area (Å²) in [5, 5.41) is 0. The molecule has 1 atom stereocenters. The molecule has 0 unspecified atom stereocenters. The maximum atomic E-state index is 12.8. The van der Waals surface area contributed by atoms with Crippen LogP contribution in [0.1, 0.15) is 54.5 Å². The summed E-state index contributed by atoms with van der Waals surface area (Å²) in [5.74, 6) is 0.224. The van der Waals surface area contributed by atoms with Crippen LogP contribution >= 0.6 is 0 Å². The Labute approximate surface area is 168 Å². The number of Topliss-reactive ketones (excluding diaryl/α,β-unsaturated/α-hetero) is 1. The second kappa shape index (κ2) is 7.71. The first-order valence-electron chi connectivity index (χ1n) is 9.81. The SMILES string of the molecule is C=C(N=CC1=C(C)C[C@](C(C)=O)(c2cccc(C)c2C)C1)c1ccccc1C. The molecule has 0 bridgehead atoms. The smallest absolute Gasteiger partial charge is 0.141 e. The van der Waals surface area contributed by atoms with E-state index in [2.05, 4.69) is 63.5 Å². The lowest BCUT2D eigenvalue weighted by molar-refractivity contribution is -0.122. The molecular formula is C26H29NO. The van der Waals surface area contributed by atoms with E-state index in [1.54, 1.807) is 6.92 Å². The van der Waals surface area contributed by atoms with Crippen molar-refractivity contribution in [1.29, 1.82) is 0 Å². The van der Waals surface area contributed by atoms with Crippen molar-refractivity contribution in [3.8, 4) is 0 Å². The van der Waals surface area contributed by atoms with E-state index in [0.29, 0.717) is 6.42 Å². The Morgan fingerprint density at radius 3 is 2.36 bits per heavy atom. The van der Waals surface area contributed by atoms with Gasteiger partial charge in [-0.15, -0.1) is 0 Å². The van der Waals surface area contributed by atoms with E-state index < -0.39 is 5.41 Å². The van der Waals surface area contributed by atoms with Crippen molar-refractivity contribution in [2.24, 2.45) is 4.99 Å². The molecule has 2 nitrogen and oxygen atoms in total. The number of allylic oxidation sites excluding steroid dienone is 2. The molecule has 0 amide bonds. The average Bonchev–Trinajstić information content (AvgIpc) is 3.00. The molecule has 0 heterocycles. The summed E-state index contributed by atoms with van der Waals surface area (Å²) in [6.45, 7) is 14.3. The molecule has 0 N–H and O–H groups in total. The Balaban J connectivity index is 1.92. The molecule has 0 aromatic heterocycles. The van der Waals surface area contributed by atoms with Gasteiger partial charge in [0, 0.05) is 11.8 Å². The molecular weight excluding hydrogens is 342 g/mol. The number of aliphatic imine (C=N–C) groups is 1. The van der Waals surface area contributed by atoms with E-state index in [1.807, 2.05) is 24.4 Å². The number of carbonyl (C=O) groups excluding carboxylic acids is 1. The van der Waals surface area contributed by atoms with Crippen molar-refractivity contribution in [3.63, 3.8) is 0 Å². The maximum absolute atomic E-state index is 12.8. The summed E-state index contributed by atoms with van der Waals surface area (Å²) >= 11 is 0. The first kappa shape index (κ1) is 20.0. The van der Waals surface area contributed by atoms with Gasteiger partial charge in [0.25, 0.3) is 0 Å². The Kier molecular flexibility index (Phi) is 5.51. The Morgan fingerprint density at radius 2 is 1.68 bits per heavy atom. The lowest BCUT2D eigenvalue weighted by atomic mass is 9.72. The average molecular weight is 372 g/mol. The fraction of sp³-hybridized carbons (Fsp3) is 0.308. The van der Waals surface area contributed by atoms with Gasteiger partial charge in [0.1, 0.15) is 5.78 Å². The third-order valence-corrected chi connectivity index (χ3v) is 6.23. The first-order chi connectivity index (χ1) is 13.3. The Morgan fingerprint density at radius 1 is 1.00 bits per heavy atom. The van der Waals surface area contributed by atoms with E-state index in [9.17, 15) is 4.79 Å². The van der Waals surface area contributed by atoms with Gasteiger partial charge in [0.15, 0.2) is 0 Å². The van der Waals surface area contributed by atoms with Gasteiger partial charge in [0.2, 0.25) is 0 Å². The fourth-order valence-electron chi connectivity index (χ4n) is 4.28. The number of ketones is 1.